The van der Waals surface area contributed by atoms with Gasteiger partial charge in [0, 0.05) is 32.2 Å². The molecular formula is C31H37N7O4. The average molecular weight is 572 g/mol. The Hall–Kier alpha value is -4.67. The average Bonchev–Trinajstić information content (AvgIpc) is 3.37. The van der Waals surface area contributed by atoms with Crippen molar-refractivity contribution in [2.45, 2.75) is 51.8 Å². The van der Waals surface area contributed by atoms with Crippen molar-refractivity contribution in [1.29, 1.82) is 0 Å². The Kier molecular flexibility index (Phi) is 8.02. The molecule has 42 heavy (non-hydrogen) atoms. The molecule has 2 aromatic heterocycles. The number of amides is 2. The lowest BCUT2D eigenvalue weighted by atomic mass is 10.1. The maximum Gasteiger partial charge on any atom is 0.410 e. The number of hydrogen-bond donors (Lipinski definition) is 1. The van der Waals surface area contributed by atoms with Crippen molar-refractivity contribution in [3.8, 4) is 17.0 Å². The van der Waals surface area contributed by atoms with E-state index >= 15 is 0 Å². The molecule has 0 unspecified atom stereocenters. The molecule has 11 heteroatoms. The lowest BCUT2D eigenvalue weighted by Gasteiger charge is -2.34. The number of carbonyl (C=O) groups excluding carboxylic acids is 2. The monoisotopic (exact) mass is 571 g/mol. The second kappa shape index (κ2) is 11.7. The highest BCUT2D eigenvalue weighted by Gasteiger charge is 2.31. The van der Waals surface area contributed by atoms with Gasteiger partial charge in [-0.3, -0.25) is 4.79 Å². The number of hydrogen-bond acceptors (Lipinski definition) is 8. The number of aromatic nitrogens is 4. The zero-order valence-electron chi connectivity index (χ0n) is 24.7. The van der Waals surface area contributed by atoms with E-state index in [9.17, 15) is 9.59 Å². The molecule has 1 fully saturated rings. The van der Waals surface area contributed by atoms with Crippen LogP contribution in [-0.4, -0.2) is 74.4 Å². The van der Waals surface area contributed by atoms with Crippen LogP contribution in [0.4, 0.5) is 10.6 Å². The van der Waals surface area contributed by atoms with E-state index in [0.29, 0.717) is 53.5 Å². The molecule has 5 rings (SSSR count). The zero-order valence-corrected chi connectivity index (χ0v) is 24.7. The van der Waals surface area contributed by atoms with Crippen molar-refractivity contribution in [3.63, 3.8) is 0 Å². The normalized spacial score (nSPS) is 15.5. The van der Waals surface area contributed by atoms with E-state index in [1.807, 2.05) is 61.9 Å². The van der Waals surface area contributed by atoms with Crippen molar-refractivity contribution in [1.82, 2.24) is 29.5 Å². The molecule has 0 aliphatic carbocycles. The SMILES string of the molecule is COc1ccccc1C(=O)N(C)Cc1ccc(-c2nn([C@@H]3CCCN(C(=O)OC(C)(C)C)C3)c3ncnc(N)c23)cc1. The summed E-state index contributed by atoms with van der Waals surface area (Å²) in [4.78, 5) is 38.0. The van der Waals surface area contributed by atoms with Crippen LogP contribution in [0.1, 0.15) is 55.6 Å². The Morgan fingerprint density at radius 3 is 2.55 bits per heavy atom. The molecule has 4 aromatic rings. The maximum atomic E-state index is 13.1. The summed E-state index contributed by atoms with van der Waals surface area (Å²) in [6, 6.07) is 15.0. The predicted molar refractivity (Wildman–Crippen MR) is 160 cm³/mol. The number of carbonyl (C=O) groups is 2. The molecule has 2 N–H and O–H groups in total. The van der Waals surface area contributed by atoms with Gasteiger partial charge in [0.05, 0.1) is 24.1 Å². The molecule has 0 bridgehead atoms. The van der Waals surface area contributed by atoms with E-state index in [4.69, 9.17) is 20.3 Å². The Morgan fingerprint density at radius 2 is 1.83 bits per heavy atom. The summed E-state index contributed by atoms with van der Waals surface area (Å²) in [6.07, 6.45) is 2.76. The highest BCUT2D eigenvalue weighted by molar-refractivity contribution is 5.98. The molecule has 2 aromatic carbocycles. The number of para-hydroxylation sites is 1. The molecule has 1 aliphatic heterocycles. The molecule has 11 nitrogen and oxygen atoms in total. The molecular weight excluding hydrogens is 534 g/mol. The van der Waals surface area contributed by atoms with Crippen molar-refractivity contribution in [2.75, 3.05) is 33.0 Å². The van der Waals surface area contributed by atoms with Crippen LogP contribution < -0.4 is 10.5 Å². The summed E-state index contributed by atoms with van der Waals surface area (Å²) in [5, 5.41) is 5.64. The first-order valence-corrected chi connectivity index (χ1v) is 14.0. The van der Waals surface area contributed by atoms with E-state index < -0.39 is 5.60 Å². The minimum atomic E-state index is -0.570. The number of likely N-dealkylation sites (tertiary alicyclic amines) is 1. The van der Waals surface area contributed by atoms with Gasteiger partial charge in [-0.1, -0.05) is 36.4 Å². The first-order valence-electron chi connectivity index (χ1n) is 14.0. The molecule has 220 valence electrons. The second-order valence-electron chi connectivity index (χ2n) is 11.5. The van der Waals surface area contributed by atoms with Crippen molar-refractivity contribution < 1.29 is 19.1 Å². The van der Waals surface area contributed by atoms with Crippen LogP contribution in [0.5, 0.6) is 5.75 Å². The first kappa shape index (κ1) is 28.8. The number of nitrogens with two attached hydrogens (primary N) is 1. The smallest absolute Gasteiger partial charge is 0.410 e. The van der Waals surface area contributed by atoms with Gasteiger partial charge in [0.15, 0.2) is 5.65 Å². The fraction of sp³-hybridized carbons (Fsp3) is 0.387. The lowest BCUT2D eigenvalue weighted by molar-refractivity contribution is 0.0169. The van der Waals surface area contributed by atoms with Gasteiger partial charge in [-0.15, -0.1) is 0 Å². The standard InChI is InChI=1S/C31H37N7O4/c1-31(2,3)42-30(40)37-16-8-9-22(18-37)38-28-25(27(32)33-19-34-28)26(35-38)21-14-12-20(13-15-21)17-36(4)29(39)23-10-6-7-11-24(23)41-5/h6-7,10-15,19,22H,8-9,16-18H2,1-5H3,(H2,32,33,34)/t22-/m1/s1. The second-order valence-corrected chi connectivity index (χ2v) is 11.5. The third-order valence-electron chi connectivity index (χ3n) is 7.24. The number of ether oxygens (including phenoxy) is 2. The largest absolute Gasteiger partial charge is 0.496 e. The van der Waals surface area contributed by atoms with Gasteiger partial charge in [0.2, 0.25) is 0 Å². The summed E-state index contributed by atoms with van der Waals surface area (Å²) in [5.74, 6) is 0.755. The quantitative estimate of drug-likeness (QED) is 0.345. The number of methoxy groups -OCH3 is 1. The molecule has 1 aliphatic rings. The van der Waals surface area contributed by atoms with Crippen LogP contribution in [0, 0.1) is 0 Å². The van der Waals surface area contributed by atoms with E-state index in [-0.39, 0.29) is 18.0 Å². The van der Waals surface area contributed by atoms with Crippen molar-refractivity contribution in [2.24, 2.45) is 0 Å². The zero-order chi connectivity index (χ0) is 30.0. The van der Waals surface area contributed by atoms with Crippen LogP contribution in [0.2, 0.25) is 0 Å². The van der Waals surface area contributed by atoms with Crippen LogP contribution in [0.3, 0.4) is 0 Å². The number of nitrogen functional groups attached to an aromatic ring is 1. The van der Waals surface area contributed by atoms with Gasteiger partial charge in [0.1, 0.15) is 29.2 Å². The molecule has 1 atom stereocenters. The lowest BCUT2D eigenvalue weighted by Crippen LogP contribution is -2.43. The third-order valence-corrected chi connectivity index (χ3v) is 7.24. The van der Waals surface area contributed by atoms with E-state index in [1.165, 1.54) is 6.33 Å². The summed E-state index contributed by atoms with van der Waals surface area (Å²) in [6.45, 7) is 7.09. The fourth-order valence-corrected chi connectivity index (χ4v) is 5.24. The summed E-state index contributed by atoms with van der Waals surface area (Å²) in [5.41, 5.74) is 9.39. The van der Waals surface area contributed by atoms with E-state index in [0.717, 1.165) is 24.0 Å². The van der Waals surface area contributed by atoms with Gasteiger partial charge in [-0.25, -0.2) is 19.4 Å². The van der Waals surface area contributed by atoms with Gasteiger partial charge in [-0.2, -0.15) is 5.10 Å². The Labute approximate surface area is 245 Å². The van der Waals surface area contributed by atoms with Gasteiger partial charge < -0.3 is 25.0 Å². The van der Waals surface area contributed by atoms with Crippen LogP contribution >= 0.6 is 0 Å². The number of anilines is 1. The van der Waals surface area contributed by atoms with Crippen LogP contribution in [0.15, 0.2) is 54.9 Å². The summed E-state index contributed by atoms with van der Waals surface area (Å²) in [7, 11) is 3.32. The predicted octanol–water partition coefficient (Wildman–Crippen LogP) is 4.93. The third kappa shape index (κ3) is 6.00. The minimum absolute atomic E-state index is 0.0919. The molecule has 3 heterocycles. The molecule has 0 spiro atoms. The summed E-state index contributed by atoms with van der Waals surface area (Å²) < 4.78 is 12.8. The number of fused-ring (bicyclic) bond motifs is 1. The van der Waals surface area contributed by atoms with Gasteiger partial charge in [-0.05, 0) is 51.3 Å². The minimum Gasteiger partial charge on any atom is -0.496 e. The van der Waals surface area contributed by atoms with Gasteiger partial charge >= 0.3 is 6.09 Å². The Morgan fingerprint density at radius 1 is 1.10 bits per heavy atom. The maximum absolute atomic E-state index is 13.1. The molecule has 0 radical (unpaired) electrons. The molecule has 0 saturated carbocycles. The Bertz CT molecular complexity index is 1590. The Balaban J connectivity index is 1.39. The van der Waals surface area contributed by atoms with Crippen molar-refractivity contribution in [3.05, 3.63) is 66.0 Å². The van der Waals surface area contributed by atoms with E-state index in [2.05, 4.69) is 9.97 Å². The number of rotatable bonds is 6. The van der Waals surface area contributed by atoms with Crippen molar-refractivity contribution >= 4 is 28.9 Å². The molecule has 2 amide bonds. The van der Waals surface area contributed by atoms with E-state index in [1.54, 1.807) is 36.1 Å². The summed E-state index contributed by atoms with van der Waals surface area (Å²) >= 11 is 0. The number of piperidine rings is 1. The first-order chi connectivity index (χ1) is 20.1. The van der Waals surface area contributed by atoms with Crippen LogP contribution in [-0.2, 0) is 11.3 Å². The molecule has 1 saturated heterocycles. The fourth-order valence-electron chi connectivity index (χ4n) is 5.24. The number of benzene rings is 2. The number of nitrogens with zero attached hydrogens (tertiary/aromatic N) is 6. The van der Waals surface area contributed by atoms with Crippen LogP contribution in [0.25, 0.3) is 22.3 Å². The topological polar surface area (TPSA) is 129 Å². The highest BCUT2D eigenvalue weighted by atomic mass is 16.6. The van der Waals surface area contributed by atoms with Gasteiger partial charge in [0.25, 0.3) is 5.91 Å². The highest BCUT2D eigenvalue weighted by Crippen LogP contribution is 2.34.